The number of benzene rings is 4. The molecule has 0 aliphatic rings. The van der Waals surface area contributed by atoms with E-state index in [0.717, 1.165) is 24.4 Å². The summed E-state index contributed by atoms with van der Waals surface area (Å²) in [4.78, 5) is 12.7. The molecule has 174 valence electrons. The van der Waals surface area contributed by atoms with Crippen LogP contribution in [0.5, 0.6) is 11.5 Å². The maximum absolute atomic E-state index is 12.7. The van der Waals surface area contributed by atoms with Crippen molar-refractivity contribution in [3.8, 4) is 17.6 Å². The van der Waals surface area contributed by atoms with Crippen molar-refractivity contribution >= 4 is 67.0 Å². The maximum Gasteiger partial charge on any atom is 0.266 e. The van der Waals surface area contributed by atoms with Crippen LogP contribution in [0.25, 0.3) is 16.8 Å². The number of halogens is 2. The third-order valence-electron chi connectivity index (χ3n) is 5.30. The number of carbonyl (C=O) groups is 1. The number of hydrogen-bond acceptors (Lipinski definition) is 4. The summed E-state index contributed by atoms with van der Waals surface area (Å²) < 4.78 is 13.3. The molecule has 0 aliphatic heterocycles. The van der Waals surface area contributed by atoms with Crippen LogP contribution < -0.4 is 14.8 Å². The van der Waals surface area contributed by atoms with Crippen LogP contribution in [0.4, 0.5) is 5.69 Å². The number of nitriles is 1. The fourth-order valence-corrected chi connectivity index (χ4v) is 4.76. The standard InChI is InChI=1S/C28H20BrIN2O3/c1-34-26-15-18(13-21(16-31)28(33)32-25-12-5-4-11-23(25)29)14-24(30)27(26)35-17-20-9-6-8-19-7-2-3-10-22(19)20/h2-15H,17H2,1H3,(H,32,33)/b21-13+. The van der Waals surface area contributed by atoms with E-state index in [1.165, 1.54) is 6.08 Å². The Kier molecular flexibility index (Phi) is 8.06. The summed E-state index contributed by atoms with van der Waals surface area (Å²) >= 11 is 5.57. The summed E-state index contributed by atoms with van der Waals surface area (Å²) in [6.07, 6.45) is 1.53. The van der Waals surface area contributed by atoms with Crippen molar-refractivity contribution in [3.05, 3.63) is 104 Å². The largest absolute Gasteiger partial charge is 0.493 e. The number of hydrogen-bond donors (Lipinski definition) is 1. The van der Waals surface area contributed by atoms with Gasteiger partial charge in [-0.3, -0.25) is 4.79 Å². The van der Waals surface area contributed by atoms with Gasteiger partial charge in [-0.25, -0.2) is 0 Å². The maximum atomic E-state index is 12.7. The summed E-state index contributed by atoms with van der Waals surface area (Å²) in [5.41, 5.74) is 2.29. The topological polar surface area (TPSA) is 71.3 Å². The van der Waals surface area contributed by atoms with Crippen molar-refractivity contribution in [2.24, 2.45) is 0 Å². The predicted molar refractivity (Wildman–Crippen MR) is 150 cm³/mol. The van der Waals surface area contributed by atoms with Crippen molar-refractivity contribution in [3.63, 3.8) is 0 Å². The quantitative estimate of drug-likeness (QED) is 0.131. The number of amides is 1. The van der Waals surface area contributed by atoms with Crippen molar-refractivity contribution in [1.82, 2.24) is 0 Å². The molecule has 0 radical (unpaired) electrons. The first-order chi connectivity index (χ1) is 17.0. The van der Waals surface area contributed by atoms with E-state index in [9.17, 15) is 10.1 Å². The van der Waals surface area contributed by atoms with Gasteiger partial charge in [0.1, 0.15) is 18.2 Å². The van der Waals surface area contributed by atoms with Crippen LogP contribution >= 0.6 is 38.5 Å². The molecule has 0 fully saturated rings. The second-order valence-corrected chi connectivity index (χ2v) is 9.58. The second-order valence-electron chi connectivity index (χ2n) is 7.56. The summed E-state index contributed by atoms with van der Waals surface area (Å²) in [6, 6.07) is 27.1. The first kappa shape index (κ1) is 24.8. The van der Waals surface area contributed by atoms with Crippen LogP contribution in [-0.4, -0.2) is 13.0 Å². The van der Waals surface area contributed by atoms with Crippen molar-refractivity contribution in [2.45, 2.75) is 6.61 Å². The molecule has 0 heterocycles. The fraction of sp³-hybridized carbons (Fsp3) is 0.0714. The Labute approximate surface area is 225 Å². The van der Waals surface area contributed by atoms with Gasteiger partial charge in [0, 0.05) is 4.47 Å². The lowest BCUT2D eigenvalue weighted by Crippen LogP contribution is -2.13. The van der Waals surface area contributed by atoms with E-state index in [4.69, 9.17) is 9.47 Å². The van der Waals surface area contributed by atoms with E-state index in [-0.39, 0.29) is 5.57 Å². The van der Waals surface area contributed by atoms with E-state index in [2.05, 4.69) is 62.0 Å². The summed E-state index contributed by atoms with van der Waals surface area (Å²) in [5, 5.41) is 14.6. The van der Waals surface area contributed by atoms with Gasteiger partial charge in [-0.05, 0) is 90.8 Å². The zero-order valence-electron chi connectivity index (χ0n) is 18.7. The SMILES string of the molecule is COc1cc(/C=C(\C#N)C(=O)Nc2ccccc2Br)cc(I)c1OCc1cccc2ccccc12. The van der Waals surface area contributed by atoms with E-state index in [1.54, 1.807) is 25.3 Å². The Balaban J connectivity index is 1.58. The molecule has 0 saturated heterocycles. The highest BCUT2D eigenvalue weighted by molar-refractivity contribution is 14.1. The highest BCUT2D eigenvalue weighted by Gasteiger charge is 2.15. The number of ether oxygens (including phenoxy) is 2. The summed E-state index contributed by atoms with van der Waals surface area (Å²) in [6.45, 7) is 0.376. The monoisotopic (exact) mass is 638 g/mol. The normalized spacial score (nSPS) is 11.1. The van der Waals surface area contributed by atoms with E-state index in [0.29, 0.717) is 29.4 Å². The van der Waals surface area contributed by atoms with Crippen LogP contribution in [0.15, 0.2) is 88.9 Å². The fourth-order valence-electron chi connectivity index (χ4n) is 3.60. The molecule has 0 unspecified atom stereocenters. The molecule has 5 nitrogen and oxygen atoms in total. The third-order valence-corrected chi connectivity index (χ3v) is 6.79. The first-order valence-electron chi connectivity index (χ1n) is 10.6. The second kappa shape index (κ2) is 11.4. The number of carbonyl (C=O) groups excluding carboxylic acids is 1. The third kappa shape index (κ3) is 5.84. The molecule has 4 aromatic rings. The zero-order valence-corrected chi connectivity index (χ0v) is 22.5. The number of nitrogens with one attached hydrogen (secondary N) is 1. The van der Waals surface area contributed by atoms with Crippen LogP contribution in [-0.2, 0) is 11.4 Å². The molecular weight excluding hydrogens is 619 g/mol. The highest BCUT2D eigenvalue weighted by Crippen LogP contribution is 2.36. The smallest absolute Gasteiger partial charge is 0.266 e. The number of methoxy groups -OCH3 is 1. The number of fused-ring (bicyclic) bond motifs is 1. The molecule has 0 aromatic heterocycles. The van der Waals surface area contributed by atoms with Gasteiger partial charge < -0.3 is 14.8 Å². The molecule has 0 bridgehead atoms. The van der Waals surface area contributed by atoms with Gasteiger partial charge in [0.15, 0.2) is 11.5 Å². The van der Waals surface area contributed by atoms with Crippen LogP contribution in [0.3, 0.4) is 0 Å². The molecule has 7 heteroatoms. The molecule has 1 amide bonds. The minimum absolute atomic E-state index is 0.0250. The number of nitrogens with zero attached hydrogens (tertiary/aromatic N) is 1. The van der Waals surface area contributed by atoms with Gasteiger partial charge >= 0.3 is 0 Å². The van der Waals surface area contributed by atoms with E-state index in [1.807, 2.05) is 48.5 Å². The molecule has 4 aromatic carbocycles. The van der Waals surface area contributed by atoms with Crippen LogP contribution in [0, 0.1) is 14.9 Å². The average molecular weight is 639 g/mol. The van der Waals surface area contributed by atoms with Crippen molar-refractivity contribution in [1.29, 1.82) is 5.26 Å². The summed E-state index contributed by atoms with van der Waals surface area (Å²) in [7, 11) is 1.56. The van der Waals surface area contributed by atoms with Gasteiger partial charge in [0.2, 0.25) is 0 Å². The minimum Gasteiger partial charge on any atom is -0.493 e. The lowest BCUT2D eigenvalue weighted by molar-refractivity contribution is -0.112. The van der Waals surface area contributed by atoms with Gasteiger partial charge in [-0.1, -0.05) is 54.6 Å². The van der Waals surface area contributed by atoms with Gasteiger partial charge in [0.25, 0.3) is 5.91 Å². The minimum atomic E-state index is -0.496. The molecule has 0 aliphatic carbocycles. The predicted octanol–water partition coefficient (Wildman–Crippen LogP) is 7.34. The lowest BCUT2D eigenvalue weighted by Gasteiger charge is -2.15. The number of para-hydroxylation sites is 1. The Morgan fingerprint density at radius 2 is 1.83 bits per heavy atom. The Morgan fingerprint density at radius 1 is 1.09 bits per heavy atom. The van der Waals surface area contributed by atoms with Gasteiger partial charge in [0.05, 0.1) is 16.4 Å². The Hall–Kier alpha value is -3.35. The molecule has 0 saturated carbocycles. The van der Waals surface area contributed by atoms with E-state index >= 15 is 0 Å². The molecule has 35 heavy (non-hydrogen) atoms. The molecule has 0 atom stereocenters. The van der Waals surface area contributed by atoms with Crippen molar-refractivity contribution < 1.29 is 14.3 Å². The van der Waals surface area contributed by atoms with Crippen LogP contribution in [0.2, 0.25) is 0 Å². The van der Waals surface area contributed by atoms with Crippen molar-refractivity contribution in [2.75, 3.05) is 12.4 Å². The zero-order chi connectivity index (χ0) is 24.8. The molecule has 1 N–H and O–H groups in total. The molecular formula is C28H20BrIN2O3. The Bertz CT molecular complexity index is 1470. The first-order valence-corrected chi connectivity index (χ1v) is 12.5. The average Bonchev–Trinajstić information content (AvgIpc) is 2.87. The molecule has 4 rings (SSSR count). The number of anilines is 1. The molecule has 0 spiro atoms. The summed E-state index contributed by atoms with van der Waals surface area (Å²) in [5.74, 6) is 0.630. The number of rotatable bonds is 7. The van der Waals surface area contributed by atoms with Crippen LogP contribution in [0.1, 0.15) is 11.1 Å². The highest BCUT2D eigenvalue weighted by atomic mass is 127. The lowest BCUT2D eigenvalue weighted by atomic mass is 10.1. The van der Waals surface area contributed by atoms with E-state index < -0.39 is 5.91 Å². The van der Waals surface area contributed by atoms with Gasteiger partial charge in [-0.2, -0.15) is 5.26 Å². The Morgan fingerprint density at radius 3 is 2.60 bits per heavy atom. The van der Waals surface area contributed by atoms with Gasteiger partial charge in [-0.15, -0.1) is 0 Å².